The molecule has 1 aliphatic heterocycles. The van der Waals surface area contributed by atoms with Crippen LogP contribution in [0.5, 0.6) is 5.88 Å². The second kappa shape index (κ2) is 22.9. The Balaban J connectivity index is 0.00000840. The first-order valence-corrected chi connectivity index (χ1v) is 16.1. The van der Waals surface area contributed by atoms with Crippen molar-refractivity contribution < 1.29 is 19.0 Å². The monoisotopic (exact) mass is 614 g/mol. The maximum Gasteiger partial charge on any atom is 0.306 e. The van der Waals surface area contributed by atoms with Crippen molar-refractivity contribution in [1.29, 1.82) is 0 Å². The van der Waals surface area contributed by atoms with E-state index in [0.717, 1.165) is 62.7 Å². The Hall–Kier alpha value is -1.68. The quantitative estimate of drug-likeness (QED) is 0.0878. The van der Waals surface area contributed by atoms with E-state index in [4.69, 9.17) is 14.2 Å². The molecule has 0 unspecified atom stereocenters. The van der Waals surface area contributed by atoms with Crippen LogP contribution in [0, 0.1) is 0 Å². The summed E-state index contributed by atoms with van der Waals surface area (Å²) in [4.78, 5) is 14.7. The molecule has 1 N–H and O–H groups in total. The van der Waals surface area contributed by atoms with Gasteiger partial charge in [-0.2, -0.15) is 4.37 Å². The highest BCUT2D eigenvalue weighted by atomic mass is 35.5. The van der Waals surface area contributed by atoms with Gasteiger partial charge in [-0.05, 0) is 59.3 Å². The van der Waals surface area contributed by atoms with Crippen LogP contribution in [0.25, 0.3) is 0 Å². The van der Waals surface area contributed by atoms with Crippen LogP contribution in [0.4, 0.5) is 5.82 Å². The van der Waals surface area contributed by atoms with Crippen LogP contribution in [-0.4, -0.2) is 65.8 Å². The fourth-order valence-electron chi connectivity index (χ4n) is 4.29. The number of anilines is 1. The molecule has 0 spiro atoms. The lowest BCUT2D eigenvalue weighted by atomic mass is 10.1. The van der Waals surface area contributed by atoms with Gasteiger partial charge in [-0.25, -0.2) is 0 Å². The summed E-state index contributed by atoms with van der Waals surface area (Å²) in [5.74, 6) is 1.07. The van der Waals surface area contributed by atoms with Crippen LogP contribution >= 0.6 is 24.1 Å². The van der Waals surface area contributed by atoms with Gasteiger partial charge < -0.3 is 24.4 Å². The highest BCUT2D eigenvalue weighted by Gasteiger charge is 2.23. The minimum Gasteiger partial charge on any atom is -0.470 e. The van der Waals surface area contributed by atoms with E-state index in [9.17, 15) is 4.79 Å². The molecule has 236 valence electrons. The molecule has 41 heavy (non-hydrogen) atoms. The molecule has 2 heterocycles. The number of rotatable bonds is 21. The third-order valence-corrected chi connectivity index (χ3v) is 7.15. The van der Waals surface area contributed by atoms with Gasteiger partial charge in [0, 0.05) is 31.6 Å². The third-order valence-electron chi connectivity index (χ3n) is 6.65. The smallest absolute Gasteiger partial charge is 0.306 e. The van der Waals surface area contributed by atoms with Gasteiger partial charge in [-0.1, -0.05) is 63.3 Å². The molecule has 0 aliphatic carbocycles. The molecule has 1 saturated heterocycles. The Bertz CT molecular complexity index is 853. The number of hydrogen-bond acceptors (Lipinski definition) is 9. The molecular formula is C31H55ClN4O4S. The van der Waals surface area contributed by atoms with Crippen molar-refractivity contribution in [1.82, 2.24) is 14.1 Å². The fraction of sp³-hybridized carbons (Fsp3) is 0.774. The molecule has 8 nitrogen and oxygen atoms in total. The number of aromatic nitrogens is 2. The number of ether oxygens (including phenoxy) is 3. The topological polar surface area (TPSA) is 85.8 Å². The normalized spacial score (nSPS) is 14.9. The zero-order chi connectivity index (χ0) is 28.9. The number of halogens is 1. The van der Waals surface area contributed by atoms with Gasteiger partial charge in [0.15, 0.2) is 0 Å². The standard InChI is InChI=1S/C31H54N4O4S.ClH/c1-5-6-7-8-9-10-11-12-13-14-15-16-17-18-19-20-28(36)39-27(25-32-31(2,3)4)26-38-30-29(33-40-34-30)35-21-23-37-24-22-35;/h9-10,12-13,27,32H,5-8,11,14-26H2,1-4H3;1H/b10-9-,13-12-;/t27-;/m0./s1. The van der Waals surface area contributed by atoms with E-state index >= 15 is 0 Å². The highest BCUT2D eigenvalue weighted by molar-refractivity contribution is 6.99. The van der Waals surface area contributed by atoms with Gasteiger partial charge in [0.2, 0.25) is 5.82 Å². The number of carbonyl (C=O) groups excluding carboxylic acids is 1. The summed E-state index contributed by atoms with van der Waals surface area (Å²) in [5, 5.41) is 3.43. The van der Waals surface area contributed by atoms with E-state index in [2.05, 4.69) is 71.0 Å². The van der Waals surface area contributed by atoms with Crippen molar-refractivity contribution in [2.75, 3.05) is 44.4 Å². The number of morpholine rings is 1. The van der Waals surface area contributed by atoms with Crippen LogP contribution in [-0.2, 0) is 14.3 Å². The molecule has 0 bridgehead atoms. The zero-order valence-corrected chi connectivity index (χ0v) is 27.5. The van der Waals surface area contributed by atoms with E-state index in [1.807, 2.05) is 0 Å². The van der Waals surface area contributed by atoms with Crippen molar-refractivity contribution in [3.63, 3.8) is 0 Å². The van der Waals surface area contributed by atoms with Crippen LogP contribution < -0.4 is 15.0 Å². The average molecular weight is 615 g/mol. The molecule has 2 rings (SSSR count). The fourth-order valence-corrected chi connectivity index (χ4v) is 4.81. The summed E-state index contributed by atoms with van der Waals surface area (Å²) >= 11 is 1.13. The predicted octanol–water partition coefficient (Wildman–Crippen LogP) is 7.29. The van der Waals surface area contributed by atoms with Crippen molar-refractivity contribution in [3.8, 4) is 5.88 Å². The lowest BCUT2D eigenvalue weighted by Crippen LogP contribution is -2.44. The summed E-state index contributed by atoms with van der Waals surface area (Å²) < 4.78 is 26.0. The molecule has 10 heteroatoms. The first-order valence-electron chi connectivity index (χ1n) is 15.4. The minimum absolute atomic E-state index is 0. The average Bonchev–Trinajstić information content (AvgIpc) is 3.41. The van der Waals surface area contributed by atoms with Gasteiger partial charge >= 0.3 is 5.97 Å². The van der Waals surface area contributed by atoms with E-state index in [0.29, 0.717) is 32.1 Å². The third kappa shape index (κ3) is 18.5. The van der Waals surface area contributed by atoms with Gasteiger partial charge in [0.05, 0.1) is 24.9 Å². The van der Waals surface area contributed by atoms with Crippen molar-refractivity contribution in [2.45, 2.75) is 116 Å². The number of hydrogen-bond donors (Lipinski definition) is 1. The molecule has 0 aromatic carbocycles. The maximum atomic E-state index is 12.6. The SMILES string of the molecule is CCCCC/C=C\C/C=C\CCCCCCCC(=O)O[C@@H](CNC(C)(C)C)COc1nsnc1N1CCOCC1.Cl. The molecule has 1 aromatic heterocycles. The van der Waals surface area contributed by atoms with Crippen LogP contribution in [0.1, 0.15) is 105 Å². The van der Waals surface area contributed by atoms with E-state index < -0.39 is 6.10 Å². The highest BCUT2D eigenvalue weighted by Crippen LogP contribution is 2.26. The lowest BCUT2D eigenvalue weighted by molar-refractivity contribution is -0.150. The largest absolute Gasteiger partial charge is 0.470 e. The Morgan fingerprint density at radius 1 is 1.00 bits per heavy atom. The summed E-state index contributed by atoms with van der Waals surface area (Å²) in [7, 11) is 0. The van der Waals surface area contributed by atoms with Crippen molar-refractivity contribution in [3.05, 3.63) is 24.3 Å². The second-order valence-electron chi connectivity index (χ2n) is 11.5. The maximum absolute atomic E-state index is 12.6. The summed E-state index contributed by atoms with van der Waals surface area (Å²) in [6.07, 6.45) is 22.0. The number of nitrogens with one attached hydrogen (secondary N) is 1. The second-order valence-corrected chi connectivity index (χ2v) is 12.1. The molecular weight excluding hydrogens is 560 g/mol. The first-order chi connectivity index (χ1) is 19.4. The van der Waals surface area contributed by atoms with E-state index in [1.54, 1.807) is 0 Å². The molecule has 0 saturated carbocycles. The zero-order valence-electron chi connectivity index (χ0n) is 25.9. The molecule has 0 amide bonds. The van der Waals surface area contributed by atoms with Gasteiger partial charge in [0.25, 0.3) is 5.88 Å². The number of esters is 1. The van der Waals surface area contributed by atoms with Gasteiger partial charge in [-0.3, -0.25) is 4.79 Å². The van der Waals surface area contributed by atoms with Gasteiger partial charge in [-0.15, -0.1) is 16.8 Å². The minimum atomic E-state index is -0.399. The summed E-state index contributed by atoms with van der Waals surface area (Å²) in [6, 6.07) is 0. The molecule has 1 atom stereocenters. The molecule has 1 aliphatic rings. The Morgan fingerprint density at radius 3 is 2.34 bits per heavy atom. The number of allylic oxidation sites excluding steroid dienone is 4. The summed E-state index contributed by atoms with van der Waals surface area (Å²) in [5.41, 5.74) is -0.0913. The first kappa shape index (κ1) is 37.3. The van der Waals surface area contributed by atoms with E-state index in [1.165, 1.54) is 38.5 Å². The van der Waals surface area contributed by atoms with Crippen molar-refractivity contribution >= 4 is 35.9 Å². The molecule has 0 radical (unpaired) electrons. The van der Waals surface area contributed by atoms with Gasteiger partial charge in [0.1, 0.15) is 12.7 Å². The van der Waals surface area contributed by atoms with E-state index in [-0.39, 0.29) is 30.5 Å². The molecule has 1 aromatic rings. The lowest BCUT2D eigenvalue weighted by Gasteiger charge is -2.27. The number of carbonyl (C=O) groups is 1. The molecule has 1 fully saturated rings. The summed E-state index contributed by atoms with van der Waals surface area (Å²) in [6.45, 7) is 12.1. The number of unbranched alkanes of at least 4 members (excludes halogenated alkanes) is 8. The Morgan fingerprint density at radius 2 is 1.66 bits per heavy atom. The Kier molecular flexibility index (Phi) is 20.8. The van der Waals surface area contributed by atoms with Crippen molar-refractivity contribution in [2.24, 2.45) is 0 Å². The van der Waals surface area contributed by atoms with Crippen LogP contribution in [0.15, 0.2) is 24.3 Å². The number of nitrogens with zero attached hydrogens (tertiary/aromatic N) is 3. The predicted molar refractivity (Wildman–Crippen MR) is 173 cm³/mol. The van der Waals surface area contributed by atoms with Crippen LogP contribution in [0.3, 0.4) is 0 Å². The Labute approximate surface area is 259 Å². The van der Waals surface area contributed by atoms with Crippen LogP contribution in [0.2, 0.25) is 0 Å².